The highest BCUT2D eigenvalue weighted by atomic mass is 32.2. The first kappa shape index (κ1) is 18.4. The largest absolute Gasteiger partial charge is 0.368 e. The molecule has 2 rings (SSSR count). The van der Waals surface area contributed by atoms with E-state index in [1.807, 2.05) is 0 Å². The molecule has 1 heterocycles. The van der Waals surface area contributed by atoms with Crippen molar-refractivity contribution in [1.29, 1.82) is 0 Å². The lowest BCUT2D eigenvalue weighted by molar-refractivity contribution is -0.129. The Morgan fingerprint density at radius 1 is 1.38 bits per heavy atom. The smallest absolute Gasteiger partial charge is 0.249 e. The number of ether oxygens (including phenoxy) is 1. The molecule has 1 aromatic rings. The molecule has 0 bridgehead atoms. The number of hydrogen-bond acceptors (Lipinski definition) is 5. The summed E-state index contributed by atoms with van der Waals surface area (Å²) >= 11 is 0. The SMILES string of the molecule is CC(=O)c1cccc(N(CCNC(=O)C2CCCO2)S(C)(=O)=O)c1. The number of ketones is 1. The molecule has 7 nitrogen and oxygen atoms in total. The quantitative estimate of drug-likeness (QED) is 0.736. The molecular formula is C16H22N2O5S. The number of benzene rings is 1. The molecule has 1 atom stereocenters. The number of amides is 1. The van der Waals surface area contributed by atoms with E-state index >= 15 is 0 Å². The van der Waals surface area contributed by atoms with Crippen LogP contribution in [0.4, 0.5) is 5.69 Å². The van der Waals surface area contributed by atoms with E-state index in [1.54, 1.807) is 18.2 Å². The number of carbonyl (C=O) groups excluding carboxylic acids is 2. The first-order chi connectivity index (χ1) is 11.3. The summed E-state index contributed by atoms with van der Waals surface area (Å²) in [7, 11) is -3.54. The maximum Gasteiger partial charge on any atom is 0.249 e. The zero-order valence-corrected chi connectivity index (χ0v) is 14.6. The van der Waals surface area contributed by atoms with Crippen LogP contribution in [0.2, 0.25) is 0 Å². The third kappa shape index (κ3) is 4.78. The van der Waals surface area contributed by atoms with E-state index < -0.39 is 16.1 Å². The van der Waals surface area contributed by atoms with Crippen LogP contribution in [0.15, 0.2) is 24.3 Å². The molecule has 0 saturated carbocycles. The van der Waals surface area contributed by atoms with Crippen LogP contribution < -0.4 is 9.62 Å². The van der Waals surface area contributed by atoms with E-state index in [9.17, 15) is 18.0 Å². The molecule has 8 heteroatoms. The number of carbonyl (C=O) groups is 2. The molecule has 1 saturated heterocycles. The van der Waals surface area contributed by atoms with Gasteiger partial charge in [-0.05, 0) is 31.9 Å². The molecule has 0 spiro atoms. The summed E-state index contributed by atoms with van der Waals surface area (Å²) in [5.41, 5.74) is 0.834. The monoisotopic (exact) mass is 354 g/mol. The fraction of sp³-hybridized carbons (Fsp3) is 0.500. The highest BCUT2D eigenvalue weighted by Crippen LogP contribution is 2.19. The van der Waals surface area contributed by atoms with Crippen molar-refractivity contribution in [2.24, 2.45) is 0 Å². The van der Waals surface area contributed by atoms with Gasteiger partial charge in [0.15, 0.2) is 5.78 Å². The molecule has 1 N–H and O–H groups in total. The Morgan fingerprint density at radius 3 is 2.71 bits per heavy atom. The average Bonchev–Trinajstić information content (AvgIpc) is 3.04. The predicted molar refractivity (Wildman–Crippen MR) is 90.6 cm³/mol. The standard InChI is InChI=1S/C16H22N2O5S/c1-12(19)13-5-3-6-14(11-13)18(24(2,21)22)9-8-17-16(20)15-7-4-10-23-15/h3,5-6,11,15H,4,7-10H2,1-2H3,(H,17,20). The Labute approximate surface area is 142 Å². The highest BCUT2D eigenvalue weighted by Gasteiger charge is 2.24. The van der Waals surface area contributed by atoms with E-state index in [4.69, 9.17) is 4.74 Å². The van der Waals surface area contributed by atoms with Crippen LogP contribution >= 0.6 is 0 Å². The molecule has 0 aliphatic carbocycles. The molecule has 1 fully saturated rings. The third-order valence-corrected chi connectivity index (χ3v) is 4.97. The molecule has 1 amide bonds. The molecule has 0 aromatic heterocycles. The van der Waals surface area contributed by atoms with Crippen molar-refractivity contribution in [3.05, 3.63) is 29.8 Å². The van der Waals surface area contributed by atoms with Gasteiger partial charge in [-0.2, -0.15) is 0 Å². The van der Waals surface area contributed by atoms with Gasteiger partial charge in [0.25, 0.3) is 0 Å². The summed E-state index contributed by atoms with van der Waals surface area (Å²) < 4.78 is 30.6. The Kier molecular flexibility index (Phi) is 5.95. The minimum absolute atomic E-state index is 0.0820. The van der Waals surface area contributed by atoms with Gasteiger partial charge in [-0.25, -0.2) is 8.42 Å². The Bertz CT molecular complexity index is 711. The van der Waals surface area contributed by atoms with Crippen molar-refractivity contribution in [2.45, 2.75) is 25.9 Å². The molecule has 1 aromatic carbocycles. The number of nitrogens with one attached hydrogen (secondary N) is 1. The number of rotatable bonds is 7. The molecule has 1 unspecified atom stereocenters. The second kappa shape index (κ2) is 7.76. The zero-order chi connectivity index (χ0) is 17.7. The van der Waals surface area contributed by atoms with Gasteiger partial charge in [0.1, 0.15) is 6.10 Å². The summed E-state index contributed by atoms with van der Waals surface area (Å²) in [4.78, 5) is 23.4. The number of sulfonamides is 1. The maximum absolute atomic E-state index is 12.0. The molecule has 132 valence electrons. The molecule has 1 aliphatic rings. The van der Waals surface area contributed by atoms with E-state index in [0.717, 1.165) is 12.7 Å². The van der Waals surface area contributed by atoms with E-state index in [-0.39, 0.29) is 24.8 Å². The van der Waals surface area contributed by atoms with Gasteiger partial charge in [0.05, 0.1) is 18.5 Å². The summed E-state index contributed by atoms with van der Waals surface area (Å²) in [6.45, 7) is 2.24. The fourth-order valence-corrected chi connectivity index (χ4v) is 3.46. The van der Waals surface area contributed by atoms with E-state index in [0.29, 0.717) is 24.3 Å². The molecule has 1 aliphatic heterocycles. The lowest BCUT2D eigenvalue weighted by atomic mass is 10.1. The van der Waals surface area contributed by atoms with Crippen molar-refractivity contribution >= 4 is 27.4 Å². The normalized spacial score (nSPS) is 17.5. The van der Waals surface area contributed by atoms with Crippen LogP contribution in [-0.2, 0) is 19.6 Å². The second-order valence-corrected chi connectivity index (χ2v) is 7.64. The van der Waals surface area contributed by atoms with Gasteiger partial charge < -0.3 is 10.1 Å². The highest BCUT2D eigenvalue weighted by molar-refractivity contribution is 7.92. The topological polar surface area (TPSA) is 92.8 Å². The van der Waals surface area contributed by atoms with Gasteiger partial charge in [-0.1, -0.05) is 12.1 Å². The first-order valence-corrected chi connectivity index (χ1v) is 9.62. The van der Waals surface area contributed by atoms with Crippen molar-refractivity contribution in [3.63, 3.8) is 0 Å². The van der Waals surface area contributed by atoms with Crippen molar-refractivity contribution in [1.82, 2.24) is 5.32 Å². The van der Waals surface area contributed by atoms with Crippen molar-refractivity contribution < 1.29 is 22.7 Å². The summed E-state index contributed by atoms with van der Waals surface area (Å²) in [5.74, 6) is -0.365. The number of nitrogens with zero attached hydrogens (tertiary/aromatic N) is 1. The van der Waals surface area contributed by atoms with Crippen LogP contribution in [0, 0.1) is 0 Å². The van der Waals surface area contributed by atoms with E-state index in [1.165, 1.54) is 17.3 Å². The molecular weight excluding hydrogens is 332 g/mol. The average molecular weight is 354 g/mol. The van der Waals surface area contributed by atoms with Gasteiger partial charge in [0, 0.05) is 18.7 Å². The Hall–Kier alpha value is -1.93. The third-order valence-electron chi connectivity index (χ3n) is 3.78. The van der Waals surface area contributed by atoms with Gasteiger partial charge >= 0.3 is 0 Å². The van der Waals surface area contributed by atoms with Crippen LogP contribution in [0.5, 0.6) is 0 Å². The zero-order valence-electron chi connectivity index (χ0n) is 13.8. The summed E-state index contributed by atoms with van der Waals surface area (Å²) in [6, 6.07) is 6.42. The van der Waals surface area contributed by atoms with Gasteiger partial charge in [-0.15, -0.1) is 0 Å². The fourth-order valence-electron chi connectivity index (χ4n) is 2.55. The van der Waals surface area contributed by atoms with Crippen molar-refractivity contribution in [2.75, 3.05) is 30.3 Å². The van der Waals surface area contributed by atoms with Gasteiger partial charge in [0.2, 0.25) is 15.9 Å². The van der Waals surface area contributed by atoms with Crippen LogP contribution in [0.1, 0.15) is 30.1 Å². The summed E-state index contributed by atoms with van der Waals surface area (Å²) in [6.07, 6.45) is 2.18. The summed E-state index contributed by atoms with van der Waals surface area (Å²) in [5, 5.41) is 2.70. The predicted octanol–water partition coefficient (Wildman–Crippen LogP) is 0.950. The van der Waals surface area contributed by atoms with E-state index in [2.05, 4.69) is 5.32 Å². The minimum Gasteiger partial charge on any atom is -0.368 e. The van der Waals surface area contributed by atoms with Crippen LogP contribution in [-0.4, -0.2) is 52.2 Å². The lowest BCUT2D eigenvalue weighted by Crippen LogP contribution is -2.41. The Balaban J connectivity index is 2.05. The number of anilines is 1. The molecule has 0 radical (unpaired) electrons. The van der Waals surface area contributed by atoms with Gasteiger partial charge in [-0.3, -0.25) is 13.9 Å². The van der Waals surface area contributed by atoms with Crippen LogP contribution in [0.25, 0.3) is 0 Å². The number of Topliss-reactive ketones (excluding diaryl/α,β-unsaturated/α-hetero) is 1. The lowest BCUT2D eigenvalue weighted by Gasteiger charge is -2.23. The second-order valence-electron chi connectivity index (χ2n) is 5.73. The Morgan fingerprint density at radius 2 is 2.12 bits per heavy atom. The van der Waals surface area contributed by atoms with Crippen LogP contribution in [0.3, 0.4) is 0 Å². The minimum atomic E-state index is -3.54. The number of hydrogen-bond donors (Lipinski definition) is 1. The maximum atomic E-state index is 12.0. The molecule has 24 heavy (non-hydrogen) atoms. The van der Waals surface area contributed by atoms with Crippen molar-refractivity contribution in [3.8, 4) is 0 Å². The first-order valence-electron chi connectivity index (χ1n) is 7.77.